The van der Waals surface area contributed by atoms with Gasteiger partial charge in [-0.2, -0.15) is 13.2 Å². The van der Waals surface area contributed by atoms with E-state index >= 15 is 0 Å². The second kappa shape index (κ2) is 7.53. The zero-order valence-corrected chi connectivity index (χ0v) is 14.7. The molecule has 0 aliphatic heterocycles. The van der Waals surface area contributed by atoms with E-state index in [9.17, 15) is 22.4 Å². The van der Waals surface area contributed by atoms with Gasteiger partial charge in [0.15, 0.2) is 5.82 Å². The average Bonchev–Trinajstić information content (AvgIpc) is 2.97. The van der Waals surface area contributed by atoms with Crippen molar-refractivity contribution in [2.75, 3.05) is 0 Å². The molecule has 0 aliphatic rings. The van der Waals surface area contributed by atoms with Crippen molar-refractivity contribution in [2.24, 2.45) is 4.99 Å². The first-order chi connectivity index (χ1) is 12.7. The molecular formula is C15H9ClF4N4O2S. The number of nitrogens with one attached hydrogen (secondary N) is 2. The van der Waals surface area contributed by atoms with Crippen LogP contribution in [0.25, 0.3) is 0 Å². The number of aromatic amines is 2. The maximum Gasteiger partial charge on any atom is 0.393 e. The minimum Gasteiger partial charge on any atom is -0.437 e. The summed E-state index contributed by atoms with van der Waals surface area (Å²) in [7, 11) is 0. The van der Waals surface area contributed by atoms with Crippen molar-refractivity contribution in [3.8, 4) is 11.6 Å². The molecule has 0 unspecified atom stereocenters. The lowest BCUT2D eigenvalue weighted by Crippen LogP contribution is -2.12. The molecule has 3 rings (SSSR count). The van der Waals surface area contributed by atoms with E-state index < -0.39 is 23.3 Å². The summed E-state index contributed by atoms with van der Waals surface area (Å²) in [4.78, 5) is 18.5. The molecule has 0 spiro atoms. The molecule has 2 N–H and O–H groups in total. The minimum atomic E-state index is -4.46. The molecule has 0 bridgehead atoms. The molecule has 0 aliphatic carbocycles. The zero-order valence-electron chi connectivity index (χ0n) is 13.1. The summed E-state index contributed by atoms with van der Waals surface area (Å²) in [6, 6.07) is 4.55. The Kier molecular flexibility index (Phi) is 5.33. The number of benzene rings is 1. The minimum absolute atomic E-state index is 0.0859. The summed E-state index contributed by atoms with van der Waals surface area (Å²) >= 11 is 6.63. The Morgan fingerprint density at radius 1 is 1.30 bits per heavy atom. The number of pyridine rings is 1. The van der Waals surface area contributed by atoms with Crippen molar-refractivity contribution in [3.05, 3.63) is 61.3 Å². The summed E-state index contributed by atoms with van der Waals surface area (Å²) in [5.41, 5.74) is -0.435. The summed E-state index contributed by atoms with van der Waals surface area (Å²) in [5.74, 6) is -1.26. The highest BCUT2D eigenvalue weighted by Crippen LogP contribution is 2.36. The fourth-order valence-electron chi connectivity index (χ4n) is 2.06. The number of H-pyrrole nitrogens is 2. The third-order valence-corrected chi connectivity index (χ3v) is 4.10. The smallest absolute Gasteiger partial charge is 0.393 e. The van der Waals surface area contributed by atoms with Gasteiger partial charge in [0.2, 0.25) is 10.7 Å². The van der Waals surface area contributed by atoms with Crippen molar-refractivity contribution < 1.29 is 22.3 Å². The molecule has 3 aromatic rings. The molecule has 2 heterocycles. The Labute approximate surface area is 157 Å². The van der Waals surface area contributed by atoms with Gasteiger partial charge in [-0.25, -0.2) is 14.4 Å². The third-order valence-electron chi connectivity index (χ3n) is 3.13. The number of hydrogen-bond acceptors (Lipinski definition) is 5. The van der Waals surface area contributed by atoms with Crippen LogP contribution in [0, 0.1) is 5.82 Å². The first kappa shape index (κ1) is 19.1. The summed E-state index contributed by atoms with van der Waals surface area (Å²) in [5, 5.41) is 4.51. The number of ether oxygens (including phenoxy) is 1. The first-order valence-electron chi connectivity index (χ1n) is 7.21. The predicted octanol–water partition coefficient (Wildman–Crippen LogP) is 4.08. The number of rotatable bonds is 4. The Morgan fingerprint density at radius 2 is 2.07 bits per heavy atom. The molecule has 0 amide bonds. The van der Waals surface area contributed by atoms with Crippen LogP contribution in [0.15, 0.2) is 40.2 Å². The molecule has 6 nitrogen and oxygen atoms in total. The van der Waals surface area contributed by atoms with Crippen LogP contribution in [0.4, 0.5) is 23.2 Å². The van der Waals surface area contributed by atoms with Gasteiger partial charge in [0, 0.05) is 17.8 Å². The SMILES string of the molecule is O=c1[nH][nH]c(=Nc2cc(Oc3ncccc3CC(F)(F)F)c(Cl)cc2F)s1. The van der Waals surface area contributed by atoms with Crippen molar-refractivity contribution in [1.29, 1.82) is 0 Å². The van der Waals surface area contributed by atoms with Crippen molar-refractivity contribution >= 4 is 28.6 Å². The lowest BCUT2D eigenvalue weighted by molar-refractivity contribution is -0.127. The standard InChI is InChI=1S/C15H9ClF4N4O2S/c16-8-4-9(17)10(22-13-23-24-14(25)27-13)5-11(8)26-12-7(2-1-3-21-12)6-15(18,19)20/h1-5H,6H2,(H,22,23)(H,24,25). The van der Waals surface area contributed by atoms with Crippen LogP contribution in [-0.4, -0.2) is 21.4 Å². The van der Waals surface area contributed by atoms with E-state index in [0.717, 1.165) is 12.1 Å². The second-order valence-corrected chi connectivity index (χ2v) is 6.52. The van der Waals surface area contributed by atoms with Crippen molar-refractivity contribution in [3.63, 3.8) is 0 Å². The first-order valence-corrected chi connectivity index (χ1v) is 8.41. The van der Waals surface area contributed by atoms with Gasteiger partial charge < -0.3 is 4.74 Å². The molecule has 0 saturated carbocycles. The van der Waals surface area contributed by atoms with Crippen molar-refractivity contribution in [1.82, 2.24) is 15.2 Å². The number of nitrogens with zero attached hydrogens (tertiary/aromatic N) is 2. The van der Waals surface area contributed by atoms with Gasteiger partial charge in [-0.3, -0.25) is 15.0 Å². The second-order valence-electron chi connectivity index (χ2n) is 5.15. The maximum atomic E-state index is 14.1. The fraction of sp³-hybridized carbons (Fsp3) is 0.133. The number of alkyl halides is 3. The monoisotopic (exact) mass is 420 g/mol. The Balaban J connectivity index is 1.99. The Hall–Kier alpha value is -2.66. The highest BCUT2D eigenvalue weighted by Gasteiger charge is 2.30. The fourth-order valence-corrected chi connectivity index (χ4v) is 2.77. The van der Waals surface area contributed by atoms with Gasteiger partial charge in [0.05, 0.1) is 11.4 Å². The van der Waals surface area contributed by atoms with Crippen LogP contribution in [0.2, 0.25) is 5.02 Å². The van der Waals surface area contributed by atoms with Gasteiger partial charge in [-0.1, -0.05) is 17.7 Å². The molecule has 1 aromatic carbocycles. The van der Waals surface area contributed by atoms with E-state index in [-0.39, 0.29) is 32.7 Å². The molecule has 0 fully saturated rings. The summed E-state index contributed by atoms with van der Waals surface area (Å²) in [6.45, 7) is 0. The van der Waals surface area contributed by atoms with Gasteiger partial charge in [0.1, 0.15) is 11.4 Å². The topological polar surface area (TPSA) is 83.1 Å². The van der Waals surface area contributed by atoms with E-state index in [1.165, 1.54) is 18.3 Å². The van der Waals surface area contributed by atoms with Gasteiger partial charge in [-0.15, -0.1) is 0 Å². The van der Waals surface area contributed by atoms with Gasteiger partial charge in [-0.05, 0) is 23.5 Å². The largest absolute Gasteiger partial charge is 0.437 e. The number of aromatic nitrogens is 3. The quantitative estimate of drug-likeness (QED) is 0.624. The van der Waals surface area contributed by atoms with Crippen LogP contribution in [0.3, 0.4) is 0 Å². The highest BCUT2D eigenvalue weighted by molar-refractivity contribution is 7.06. The lowest BCUT2D eigenvalue weighted by atomic mass is 10.2. The lowest BCUT2D eigenvalue weighted by Gasteiger charge is -2.13. The molecule has 27 heavy (non-hydrogen) atoms. The molecular weight excluding hydrogens is 412 g/mol. The maximum absolute atomic E-state index is 14.1. The molecule has 2 aromatic heterocycles. The highest BCUT2D eigenvalue weighted by atomic mass is 35.5. The molecule has 0 saturated heterocycles. The van der Waals surface area contributed by atoms with E-state index in [2.05, 4.69) is 20.2 Å². The summed E-state index contributed by atoms with van der Waals surface area (Å²) < 4.78 is 57.5. The van der Waals surface area contributed by atoms with E-state index in [0.29, 0.717) is 11.3 Å². The Morgan fingerprint density at radius 3 is 2.74 bits per heavy atom. The van der Waals surface area contributed by atoms with Crippen molar-refractivity contribution in [2.45, 2.75) is 12.6 Å². The van der Waals surface area contributed by atoms with Gasteiger partial charge in [0.25, 0.3) is 0 Å². The normalized spacial score (nSPS) is 12.4. The third kappa shape index (κ3) is 4.95. The zero-order chi connectivity index (χ0) is 19.6. The summed E-state index contributed by atoms with van der Waals surface area (Å²) in [6.07, 6.45) is -4.46. The predicted molar refractivity (Wildman–Crippen MR) is 90.0 cm³/mol. The van der Waals surface area contributed by atoms with E-state index in [1.54, 1.807) is 0 Å². The van der Waals surface area contributed by atoms with Crippen LogP contribution in [0.1, 0.15) is 5.56 Å². The number of halogens is 5. The van der Waals surface area contributed by atoms with Crippen LogP contribution in [0.5, 0.6) is 11.6 Å². The molecule has 142 valence electrons. The van der Waals surface area contributed by atoms with Crippen LogP contribution in [-0.2, 0) is 6.42 Å². The van der Waals surface area contributed by atoms with Crippen LogP contribution >= 0.6 is 22.9 Å². The van der Waals surface area contributed by atoms with E-state index in [1.807, 2.05) is 0 Å². The molecule has 0 radical (unpaired) electrons. The van der Waals surface area contributed by atoms with Gasteiger partial charge >= 0.3 is 11.0 Å². The number of hydrogen-bond donors (Lipinski definition) is 2. The Bertz CT molecular complexity index is 1090. The average molecular weight is 421 g/mol. The molecule has 12 heteroatoms. The van der Waals surface area contributed by atoms with E-state index in [4.69, 9.17) is 16.3 Å². The van der Waals surface area contributed by atoms with Crippen LogP contribution < -0.4 is 14.4 Å². The molecule has 0 atom stereocenters.